The second-order valence-electron chi connectivity index (χ2n) is 8.34. The molecule has 0 unspecified atom stereocenters. The number of nitrogens with zero attached hydrogens (tertiary/aromatic N) is 4. The van der Waals surface area contributed by atoms with E-state index < -0.39 is 5.97 Å². The third-order valence-electron chi connectivity index (χ3n) is 6.03. The van der Waals surface area contributed by atoms with Crippen molar-refractivity contribution in [2.24, 2.45) is 0 Å². The molecule has 0 saturated carbocycles. The normalized spacial score (nSPS) is 15.3. The highest BCUT2D eigenvalue weighted by Crippen LogP contribution is 2.31. The summed E-state index contributed by atoms with van der Waals surface area (Å²) in [5.41, 5.74) is 2.47. The third kappa shape index (κ3) is 4.81. The zero-order valence-corrected chi connectivity index (χ0v) is 21.5. The summed E-state index contributed by atoms with van der Waals surface area (Å²) in [6.45, 7) is 3.70. The SMILES string of the molecule is CCOC(=O)c1nc2cc(Cl)c(Cl)cc2nc1N1CCN(C(=O)C2=COc3ccc(Cl)cc3C2)CC1. The number of halogens is 3. The Hall–Kier alpha value is -3.07. The number of carbonyl (C=O) groups is 2. The van der Waals surface area contributed by atoms with Gasteiger partial charge in [0, 0.05) is 43.2 Å². The quantitative estimate of drug-likeness (QED) is 0.428. The molecule has 0 bridgehead atoms. The fourth-order valence-corrected chi connectivity index (χ4v) is 4.74. The van der Waals surface area contributed by atoms with Gasteiger partial charge in [0.1, 0.15) is 12.0 Å². The van der Waals surface area contributed by atoms with Crippen LogP contribution in [0.2, 0.25) is 15.1 Å². The van der Waals surface area contributed by atoms with E-state index in [9.17, 15) is 9.59 Å². The van der Waals surface area contributed by atoms with Crippen molar-refractivity contribution in [3.8, 4) is 5.75 Å². The molecule has 0 N–H and O–H groups in total. The van der Waals surface area contributed by atoms with E-state index >= 15 is 0 Å². The van der Waals surface area contributed by atoms with Crippen molar-refractivity contribution in [2.75, 3.05) is 37.7 Å². The van der Waals surface area contributed by atoms with E-state index in [0.29, 0.717) is 75.8 Å². The molecule has 11 heteroatoms. The minimum absolute atomic E-state index is 0.0967. The average molecular weight is 548 g/mol. The Morgan fingerprint density at radius 3 is 2.39 bits per heavy atom. The van der Waals surface area contributed by atoms with E-state index in [1.54, 1.807) is 36.1 Å². The lowest BCUT2D eigenvalue weighted by molar-refractivity contribution is -0.127. The van der Waals surface area contributed by atoms with Crippen LogP contribution in [-0.2, 0) is 16.0 Å². The van der Waals surface area contributed by atoms with E-state index in [1.807, 2.05) is 11.0 Å². The number of aromatic nitrogens is 2. The predicted molar refractivity (Wildman–Crippen MR) is 138 cm³/mol. The van der Waals surface area contributed by atoms with Gasteiger partial charge in [0.2, 0.25) is 0 Å². The fraction of sp³-hybridized carbons (Fsp3) is 0.280. The number of ether oxygens (including phenoxy) is 2. The molecular formula is C25H21Cl3N4O4. The first-order valence-electron chi connectivity index (χ1n) is 11.4. The maximum Gasteiger partial charge on any atom is 0.360 e. The van der Waals surface area contributed by atoms with Crippen molar-refractivity contribution in [1.82, 2.24) is 14.9 Å². The predicted octanol–water partition coefficient (Wildman–Crippen LogP) is 4.93. The van der Waals surface area contributed by atoms with Gasteiger partial charge in [-0.05, 0) is 37.3 Å². The van der Waals surface area contributed by atoms with Crippen LogP contribution in [0.25, 0.3) is 11.0 Å². The standard InChI is InChI=1S/C25H21Cl3N4O4/c1-2-35-25(34)22-23(30-20-12-18(28)17(27)11-19(20)29-22)31-5-7-32(8-6-31)24(33)15-9-14-10-16(26)3-4-21(14)36-13-15/h3-4,10-13H,2,5-9H2,1H3. The smallest absolute Gasteiger partial charge is 0.360 e. The van der Waals surface area contributed by atoms with Crippen molar-refractivity contribution in [3.63, 3.8) is 0 Å². The molecule has 1 aromatic heterocycles. The molecular weight excluding hydrogens is 527 g/mol. The lowest BCUT2D eigenvalue weighted by Gasteiger charge is -2.36. The number of rotatable bonds is 4. The average Bonchev–Trinajstić information content (AvgIpc) is 2.88. The van der Waals surface area contributed by atoms with Crippen molar-refractivity contribution in [2.45, 2.75) is 13.3 Å². The van der Waals surface area contributed by atoms with Crippen molar-refractivity contribution < 1.29 is 19.1 Å². The van der Waals surface area contributed by atoms with Gasteiger partial charge in [-0.3, -0.25) is 4.79 Å². The number of esters is 1. The molecule has 2 aliphatic rings. The molecule has 186 valence electrons. The van der Waals surface area contributed by atoms with E-state index in [2.05, 4.69) is 9.97 Å². The molecule has 8 nitrogen and oxygen atoms in total. The van der Waals surface area contributed by atoms with Crippen LogP contribution in [0.1, 0.15) is 23.0 Å². The van der Waals surface area contributed by atoms with Gasteiger partial charge in [-0.1, -0.05) is 34.8 Å². The monoisotopic (exact) mass is 546 g/mol. The molecule has 0 spiro atoms. The summed E-state index contributed by atoms with van der Waals surface area (Å²) >= 11 is 18.4. The molecule has 0 aliphatic carbocycles. The zero-order valence-electron chi connectivity index (χ0n) is 19.3. The third-order valence-corrected chi connectivity index (χ3v) is 6.99. The zero-order chi connectivity index (χ0) is 25.4. The largest absolute Gasteiger partial charge is 0.464 e. The van der Waals surface area contributed by atoms with Crippen LogP contribution < -0.4 is 9.64 Å². The van der Waals surface area contributed by atoms with Crippen LogP contribution in [0.4, 0.5) is 5.82 Å². The summed E-state index contributed by atoms with van der Waals surface area (Å²) in [4.78, 5) is 38.7. The van der Waals surface area contributed by atoms with Crippen LogP contribution in [0, 0.1) is 0 Å². The Morgan fingerprint density at radius 1 is 1.00 bits per heavy atom. The van der Waals surface area contributed by atoms with Gasteiger partial charge in [-0.15, -0.1) is 0 Å². The van der Waals surface area contributed by atoms with Gasteiger partial charge < -0.3 is 19.3 Å². The Balaban J connectivity index is 1.35. The number of fused-ring (bicyclic) bond motifs is 2. The maximum absolute atomic E-state index is 13.2. The molecule has 0 radical (unpaired) electrons. The Morgan fingerprint density at radius 2 is 1.69 bits per heavy atom. The first-order valence-corrected chi connectivity index (χ1v) is 12.5. The van der Waals surface area contributed by atoms with Crippen LogP contribution >= 0.6 is 34.8 Å². The van der Waals surface area contributed by atoms with Gasteiger partial charge in [0.15, 0.2) is 11.5 Å². The Kier molecular flexibility index (Phi) is 6.92. The minimum atomic E-state index is -0.576. The number of carbonyl (C=O) groups excluding carboxylic acids is 2. The second kappa shape index (κ2) is 10.1. The van der Waals surface area contributed by atoms with Crippen LogP contribution in [-0.4, -0.2) is 59.5 Å². The van der Waals surface area contributed by atoms with Gasteiger partial charge in [-0.2, -0.15) is 0 Å². The van der Waals surface area contributed by atoms with E-state index in [4.69, 9.17) is 44.3 Å². The summed E-state index contributed by atoms with van der Waals surface area (Å²) in [6.07, 6.45) is 1.95. The Labute approximate surface area is 222 Å². The van der Waals surface area contributed by atoms with Crippen LogP contribution in [0.3, 0.4) is 0 Å². The highest BCUT2D eigenvalue weighted by molar-refractivity contribution is 6.42. The number of amides is 1. The lowest BCUT2D eigenvalue weighted by atomic mass is 10.0. The number of piperazine rings is 1. The highest BCUT2D eigenvalue weighted by Gasteiger charge is 2.30. The topological polar surface area (TPSA) is 84.9 Å². The van der Waals surface area contributed by atoms with Gasteiger partial charge in [-0.25, -0.2) is 14.8 Å². The van der Waals surface area contributed by atoms with Crippen LogP contribution in [0.15, 0.2) is 42.2 Å². The molecule has 2 aromatic carbocycles. The molecule has 5 rings (SSSR count). The van der Waals surface area contributed by atoms with E-state index in [0.717, 1.165) is 5.56 Å². The number of hydrogen-bond donors (Lipinski definition) is 0. The maximum atomic E-state index is 13.2. The summed E-state index contributed by atoms with van der Waals surface area (Å²) in [5, 5.41) is 1.26. The van der Waals surface area contributed by atoms with Gasteiger partial charge >= 0.3 is 5.97 Å². The molecule has 2 aliphatic heterocycles. The minimum Gasteiger partial charge on any atom is -0.464 e. The first kappa shape index (κ1) is 24.6. The summed E-state index contributed by atoms with van der Waals surface area (Å²) in [5.74, 6) is 0.406. The summed E-state index contributed by atoms with van der Waals surface area (Å²) in [6, 6.07) is 8.54. The second-order valence-corrected chi connectivity index (χ2v) is 9.59. The lowest BCUT2D eigenvalue weighted by Crippen LogP contribution is -2.50. The van der Waals surface area contributed by atoms with Gasteiger partial charge in [0.25, 0.3) is 5.91 Å². The van der Waals surface area contributed by atoms with Crippen LogP contribution in [0.5, 0.6) is 5.75 Å². The molecule has 1 amide bonds. The van der Waals surface area contributed by atoms with Crippen molar-refractivity contribution in [1.29, 1.82) is 0 Å². The molecule has 1 saturated heterocycles. The number of hydrogen-bond acceptors (Lipinski definition) is 7. The molecule has 36 heavy (non-hydrogen) atoms. The summed E-state index contributed by atoms with van der Waals surface area (Å²) < 4.78 is 10.9. The van der Waals surface area contributed by atoms with Crippen molar-refractivity contribution >= 4 is 63.5 Å². The first-order chi connectivity index (χ1) is 17.3. The van der Waals surface area contributed by atoms with E-state index in [1.165, 1.54) is 6.26 Å². The number of anilines is 1. The van der Waals surface area contributed by atoms with Crippen molar-refractivity contribution in [3.05, 3.63) is 68.5 Å². The fourth-order valence-electron chi connectivity index (χ4n) is 4.23. The summed E-state index contributed by atoms with van der Waals surface area (Å²) in [7, 11) is 0. The number of benzene rings is 2. The van der Waals surface area contributed by atoms with Gasteiger partial charge in [0.05, 0.1) is 33.3 Å². The highest BCUT2D eigenvalue weighted by atomic mass is 35.5. The molecule has 3 aromatic rings. The molecule has 0 atom stereocenters. The molecule has 1 fully saturated rings. The Bertz CT molecular complexity index is 1400. The van der Waals surface area contributed by atoms with E-state index in [-0.39, 0.29) is 18.2 Å². The molecule has 3 heterocycles.